The Hall–Kier alpha value is -2.57. The summed E-state index contributed by atoms with van der Waals surface area (Å²) in [4.78, 5) is 38.5. The monoisotopic (exact) mass is 359 g/mol. The average Bonchev–Trinajstić information content (AvgIpc) is 2.61. The summed E-state index contributed by atoms with van der Waals surface area (Å²) < 4.78 is 0. The second kappa shape index (κ2) is 7.76. The van der Waals surface area contributed by atoms with Gasteiger partial charge in [-0.1, -0.05) is 6.07 Å². The number of hydrogen-bond acceptors (Lipinski definition) is 5. The molecular formula is C19H25N3O4. The molecule has 140 valence electrons. The zero-order valence-electron chi connectivity index (χ0n) is 15.0. The van der Waals surface area contributed by atoms with Crippen LogP contribution < -0.4 is 15.1 Å². The Morgan fingerprint density at radius 3 is 2.65 bits per heavy atom. The summed E-state index contributed by atoms with van der Waals surface area (Å²) in [6.45, 7) is 1.67. The number of aliphatic carboxylic acids is 1. The number of amides is 2. The van der Waals surface area contributed by atoms with Gasteiger partial charge in [0.15, 0.2) is 0 Å². The van der Waals surface area contributed by atoms with Crippen LogP contribution in [-0.4, -0.2) is 49.1 Å². The molecule has 1 atom stereocenters. The predicted molar refractivity (Wildman–Crippen MR) is 98.2 cm³/mol. The van der Waals surface area contributed by atoms with Crippen molar-refractivity contribution in [1.29, 1.82) is 0 Å². The van der Waals surface area contributed by atoms with Crippen LogP contribution in [0.5, 0.6) is 0 Å². The number of anilines is 2. The van der Waals surface area contributed by atoms with E-state index in [-0.39, 0.29) is 30.2 Å². The number of imide groups is 1. The zero-order chi connectivity index (χ0) is 18.7. The number of piperidine rings is 2. The summed E-state index contributed by atoms with van der Waals surface area (Å²) in [5.74, 6) is -0.935. The fourth-order valence-electron chi connectivity index (χ4n) is 3.78. The molecule has 2 fully saturated rings. The van der Waals surface area contributed by atoms with Crippen LogP contribution in [-0.2, 0) is 14.4 Å². The Labute approximate surface area is 153 Å². The topological polar surface area (TPSA) is 89.9 Å². The molecule has 0 aliphatic carbocycles. The molecule has 7 heteroatoms. The second-order valence-electron chi connectivity index (χ2n) is 7.13. The van der Waals surface area contributed by atoms with Gasteiger partial charge in [0.05, 0.1) is 0 Å². The number of hydrogen-bond donors (Lipinski definition) is 2. The van der Waals surface area contributed by atoms with E-state index < -0.39 is 5.97 Å². The molecule has 0 saturated carbocycles. The number of likely N-dealkylation sites (N-methyl/N-ethyl adjacent to an activating group) is 1. The maximum atomic E-state index is 12.1. The summed E-state index contributed by atoms with van der Waals surface area (Å²) in [6.07, 6.45) is 2.87. The van der Waals surface area contributed by atoms with Crippen LogP contribution in [0.1, 0.15) is 32.1 Å². The summed E-state index contributed by atoms with van der Waals surface area (Å²) in [6, 6.07) is 7.69. The van der Waals surface area contributed by atoms with Crippen molar-refractivity contribution >= 4 is 29.2 Å². The molecule has 2 N–H and O–H groups in total. The lowest BCUT2D eigenvalue weighted by Crippen LogP contribution is -2.51. The van der Waals surface area contributed by atoms with Gasteiger partial charge in [0.2, 0.25) is 11.8 Å². The molecule has 2 aliphatic heterocycles. The van der Waals surface area contributed by atoms with Gasteiger partial charge >= 0.3 is 5.97 Å². The Morgan fingerprint density at radius 1 is 1.27 bits per heavy atom. The Bertz CT molecular complexity index is 698. The van der Waals surface area contributed by atoms with Crippen LogP contribution in [0.25, 0.3) is 0 Å². The lowest BCUT2D eigenvalue weighted by atomic mass is 9.93. The Morgan fingerprint density at radius 2 is 2.00 bits per heavy atom. The zero-order valence-corrected chi connectivity index (χ0v) is 15.0. The van der Waals surface area contributed by atoms with Gasteiger partial charge in [0.25, 0.3) is 0 Å². The van der Waals surface area contributed by atoms with Crippen molar-refractivity contribution in [3.05, 3.63) is 24.3 Å². The van der Waals surface area contributed by atoms with E-state index in [1.54, 1.807) is 0 Å². The number of nitrogens with zero attached hydrogens (tertiary/aromatic N) is 2. The molecule has 2 amide bonds. The van der Waals surface area contributed by atoms with Crippen molar-refractivity contribution in [3.63, 3.8) is 0 Å². The highest BCUT2D eigenvalue weighted by atomic mass is 16.4. The number of nitrogens with one attached hydrogen (secondary N) is 1. The molecule has 3 rings (SSSR count). The second-order valence-corrected chi connectivity index (χ2v) is 7.13. The molecule has 0 aromatic heterocycles. The van der Waals surface area contributed by atoms with Gasteiger partial charge < -0.3 is 14.9 Å². The lowest BCUT2D eigenvalue weighted by molar-refractivity contribution is -0.138. The minimum atomic E-state index is -0.726. The Balaban J connectivity index is 1.66. The van der Waals surface area contributed by atoms with Gasteiger partial charge in [-0.25, -0.2) is 0 Å². The van der Waals surface area contributed by atoms with Crippen molar-refractivity contribution in [1.82, 2.24) is 5.32 Å². The standard InChI is InChI=1S/C19H25N3O4/c1-21(16-5-6-17(23)20-19(16)26)14-3-2-4-15(12-14)22-9-7-13(8-10-22)11-18(24)25/h2-4,12-13,16H,5-11H2,1H3,(H,24,25)(H,20,23,26). The van der Waals surface area contributed by atoms with Crippen LogP contribution in [0.2, 0.25) is 0 Å². The number of rotatable bonds is 5. The van der Waals surface area contributed by atoms with Gasteiger partial charge in [0, 0.05) is 44.4 Å². The SMILES string of the molecule is CN(c1cccc(N2CCC(CC(=O)O)CC2)c1)C1CCC(=O)NC1=O. The van der Waals surface area contributed by atoms with Gasteiger partial charge in [0.1, 0.15) is 6.04 Å². The minimum absolute atomic E-state index is 0.211. The summed E-state index contributed by atoms with van der Waals surface area (Å²) in [7, 11) is 1.87. The molecule has 0 bridgehead atoms. The van der Waals surface area contributed by atoms with E-state index in [0.717, 1.165) is 37.3 Å². The third-order valence-corrected chi connectivity index (χ3v) is 5.36. The van der Waals surface area contributed by atoms with Crippen molar-refractivity contribution in [2.24, 2.45) is 5.92 Å². The average molecular weight is 359 g/mol. The first-order valence-corrected chi connectivity index (χ1v) is 9.07. The fraction of sp³-hybridized carbons (Fsp3) is 0.526. The van der Waals surface area contributed by atoms with Crippen molar-refractivity contribution in [2.75, 3.05) is 29.9 Å². The number of carboxylic acids is 1. The van der Waals surface area contributed by atoms with Crippen LogP contribution in [0, 0.1) is 5.92 Å². The maximum absolute atomic E-state index is 12.1. The minimum Gasteiger partial charge on any atom is -0.481 e. The third kappa shape index (κ3) is 4.15. The van der Waals surface area contributed by atoms with Crippen molar-refractivity contribution in [2.45, 2.75) is 38.1 Å². The van der Waals surface area contributed by atoms with E-state index in [0.29, 0.717) is 12.8 Å². The summed E-state index contributed by atoms with van der Waals surface area (Å²) in [5, 5.41) is 11.3. The fourth-order valence-corrected chi connectivity index (χ4v) is 3.78. The molecule has 2 saturated heterocycles. The first-order chi connectivity index (χ1) is 12.4. The Kier molecular flexibility index (Phi) is 5.44. The van der Waals surface area contributed by atoms with E-state index in [1.165, 1.54) is 0 Å². The molecule has 26 heavy (non-hydrogen) atoms. The molecule has 7 nitrogen and oxygen atoms in total. The maximum Gasteiger partial charge on any atom is 0.303 e. The van der Waals surface area contributed by atoms with Crippen molar-refractivity contribution in [3.8, 4) is 0 Å². The molecule has 0 radical (unpaired) electrons. The quantitative estimate of drug-likeness (QED) is 0.777. The van der Waals surface area contributed by atoms with E-state index in [2.05, 4.69) is 16.3 Å². The largest absolute Gasteiger partial charge is 0.481 e. The van der Waals surface area contributed by atoms with Crippen LogP contribution in [0.3, 0.4) is 0 Å². The first-order valence-electron chi connectivity index (χ1n) is 9.07. The van der Waals surface area contributed by atoms with E-state index >= 15 is 0 Å². The highest BCUT2D eigenvalue weighted by Gasteiger charge is 2.30. The highest BCUT2D eigenvalue weighted by Crippen LogP contribution is 2.29. The van der Waals surface area contributed by atoms with Gasteiger partial charge in [-0.15, -0.1) is 0 Å². The van der Waals surface area contributed by atoms with Gasteiger partial charge in [-0.2, -0.15) is 0 Å². The van der Waals surface area contributed by atoms with Crippen molar-refractivity contribution < 1.29 is 19.5 Å². The summed E-state index contributed by atoms with van der Waals surface area (Å²) >= 11 is 0. The van der Waals surface area contributed by atoms with Crippen LogP contribution >= 0.6 is 0 Å². The summed E-state index contributed by atoms with van der Waals surface area (Å²) in [5.41, 5.74) is 2.01. The number of benzene rings is 1. The van der Waals surface area contributed by atoms with Gasteiger partial charge in [-0.3, -0.25) is 19.7 Å². The van der Waals surface area contributed by atoms with Crippen LogP contribution in [0.15, 0.2) is 24.3 Å². The van der Waals surface area contributed by atoms with E-state index in [1.807, 2.05) is 30.1 Å². The highest BCUT2D eigenvalue weighted by molar-refractivity contribution is 6.01. The number of carbonyl (C=O) groups is 3. The van der Waals surface area contributed by atoms with E-state index in [9.17, 15) is 14.4 Å². The van der Waals surface area contributed by atoms with E-state index in [4.69, 9.17) is 5.11 Å². The normalized spacial score (nSPS) is 21.4. The predicted octanol–water partition coefficient (Wildman–Crippen LogP) is 1.62. The number of carbonyl (C=O) groups excluding carboxylic acids is 2. The molecule has 2 aliphatic rings. The smallest absolute Gasteiger partial charge is 0.303 e. The molecular weight excluding hydrogens is 334 g/mol. The molecule has 0 spiro atoms. The molecule has 2 heterocycles. The molecule has 1 aromatic rings. The lowest BCUT2D eigenvalue weighted by Gasteiger charge is -2.35. The third-order valence-electron chi connectivity index (χ3n) is 5.36. The first kappa shape index (κ1) is 18.2. The van der Waals surface area contributed by atoms with Crippen LogP contribution in [0.4, 0.5) is 11.4 Å². The molecule has 1 aromatic carbocycles. The number of carboxylic acid groups (broad SMARTS) is 1. The molecule has 1 unspecified atom stereocenters. The van der Waals surface area contributed by atoms with Gasteiger partial charge in [-0.05, 0) is 43.4 Å².